The molecule has 2 rings (SSSR count). The molecule has 1 aliphatic rings. The average molecular weight is 240 g/mol. The molecule has 86 valence electrons. The lowest BCUT2D eigenvalue weighted by Crippen LogP contribution is -2.20. The van der Waals surface area contributed by atoms with Crippen LogP contribution in [-0.4, -0.2) is 24.2 Å². The predicted molar refractivity (Wildman–Crippen MR) is 64.6 cm³/mol. The van der Waals surface area contributed by atoms with Gasteiger partial charge < -0.3 is 10.0 Å². The monoisotopic (exact) mass is 239 g/mol. The van der Waals surface area contributed by atoms with Gasteiger partial charge in [-0.25, -0.2) is 4.79 Å². The Morgan fingerprint density at radius 2 is 2.00 bits per heavy atom. The van der Waals surface area contributed by atoms with E-state index in [1.54, 1.807) is 12.1 Å². The summed E-state index contributed by atoms with van der Waals surface area (Å²) in [5.41, 5.74) is 1.91. The molecule has 16 heavy (non-hydrogen) atoms. The van der Waals surface area contributed by atoms with Crippen molar-refractivity contribution in [3.8, 4) is 0 Å². The quantitative estimate of drug-likeness (QED) is 0.863. The van der Waals surface area contributed by atoms with E-state index in [2.05, 4.69) is 4.90 Å². The molecule has 0 aromatic heterocycles. The summed E-state index contributed by atoms with van der Waals surface area (Å²) >= 11 is 6.05. The third-order valence-electron chi connectivity index (χ3n) is 2.95. The minimum Gasteiger partial charge on any atom is -0.478 e. The molecule has 1 aliphatic heterocycles. The van der Waals surface area contributed by atoms with Gasteiger partial charge in [0, 0.05) is 18.1 Å². The molecule has 1 saturated heterocycles. The molecule has 1 heterocycles. The van der Waals surface area contributed by atoms with Crippen LogP contribution in [0.3, 0.4) is 0 Å². The molecule has 1 N–H and O–H groups in total. The van der Waals surface area contributed by atoms with Gasteiger partial charge in [0.2, 0.25) is 0 Å². The summed E-state index contributed by atoms with van der Waals surface area (Å²) in [7, 11) is 0. The Hall–Kier alpha value is -1.22. The fourth-order valence-electron chi connectivity index (χ4n) is 2.06. The number of aromatic carboxylic acids is 1. The zero-order chi connectivity index (χ0) is 11.7. The molecule has 0 unspecified atom stereocenters. The average Bonchev–Trinajstić information content (AvgIpc) is 2.74. The molecule has 0 atom stereocenters. The molecule has 3 nitrogen and oxygen atoms in total. The number of halogens is 1. The zero-order valence-electron chi connectivity index (χ0n) is 9.16. The molecule has 0 amide bonds. The number of carboxylic acids is 1. The highest BCUT2D eigenvalue weighted by molar-refractivity contribution is 6.31. The molecule has 1 fully saturated rings. The van der Waals surface area contributed by atoms with Crippen LogP contribution < -0.4 is 4.90 Å². The fraction of sp³-hybridized carbons (Fsp3) is 0.417. The topological polar surface area (TPSA) is 40.5 Å². The van der Waals surface area contributed by atoms with Crippen molar-refractivity contribution in [3.05, 3.63) is 28.3 Å². The summed E-state index contributed by atoms with van der Waals surface area (Å²) in [6, 6.07) is 3.42. The van der Waals surface area contributed by atoms with Crippen molar-refractivity contribution in [2.75, 3.05) is 18.0 Å². The van der Waals surface area contributed by atoms with Crippen molar-refractivity contribution in [3.63, 3.8) is 0 Å². The first-order valence-corrected chi connectivity index (χ1v) is 5.76. The Kier molecular flexibility index (Phi) is 3.06. The molecule has 1 aromatic rings. The highest BCUT2D eigenvalue weighted by Crippen LogP contribution is 2.30. The van der Waals surface area contributed by atoms with Crippen LogP contribution in [0.4, 0.5) is 5.69 Å². The summed E-state index contributed by atoms with van der Waals surface area (Å²) in [5, 5.41) is 9.80. The minimum absolute atomic E-state index is 0.351. The second kappa shape index (κ2) is 4.34. The van der Waals surface area contributed by atoms with Crippen LogP contribution in [0, 0.1) is 6.92 Å². The Bertz CT molecular complexity index is 425. The van der Waals surface area contributed by atoms with E-state index >= 15 is 0 Å². The fourth-order valence-corrected chi connectivity index (χ4v) is 2.22. The highest BCUT2D eigenvalue weighted by Gasteiger charge is 2.20. The number of carbonyl (C=O) groups is 1. The molecule has 0 radical (unpaired) electrons. The number of rotatable bonds is 2. The second-order valence-electron chi connectivity index (χ2n) is 4.12. The predicted octanol–water partition coefficient (Wildman–Crippen LogP) is 2.95. The minimum atomic E-state index is -0.887. The number of anilines is 1. The number of carboxylic acid groups (broad SMARTS) is 1. The van der Waals surface area contributed by atoms with Gasteiger partial charge in [-0.2, -0.15) is 0 Å². The zero-order valence-corrected chi connectivity index (χ0v) is 9.92. The van der Waals surface area contributed by atoms with E-state index < -0.39 is 5.97 Å². The Morgan fingerprint density at radius 1 is 1.38 bits per heavy atom. The number of hydrogen-bond donors (Lipinski definition) is 1. The van der Waals surface area contributed by atoms with Crippen LogP contribution in [0.1, 0.15) is 28.8 Å². The number of hydrogen-bond acceptors (Lipinski definition) is 2. The van der Waals surface area contributed by atoms with E-state index in [0.717, 1.165) is 37.2 Å². The lowest BCUT2D eigenvalue weighted by molar-refractivity contribution is 0.0697. The standard InChI is InChI=1S/C12H14ClNO2/c1-8-6-9(12(15)16)11(7-10(8)13)14-4-2-3-5-14/h6-7H,2-5H2,1H3,(H,15,16). The maximum absolute atomic E-state index is 11.2. The van der Waals surface area contributed by atoms with Gasteiger partial charge in [0.05, 0.1) is 11.3 Å². The van der Waals surface area contributed by atoms with Gasteiger partial charge >= 0.3 is 5.97 Å². The van der Waals surface area contributed by atoms with Gasteiger partial charge in [0.1, 0.15) is 0 Å². The van der Waals surface area contributed by atoms with Gasteiger partial charge in [0.25, 0.3) is 0 Å². The Morgan fingerprint density at radius 3 is 2.56 bits per heavy atom. The first kappa shape index (κ1) is 11.3. The summed E-state index contributed by atoms with van der Waals surface area (Å²) in [5.74, 6) is -0.887. The largest absolute Gasteiger partial charge is 0.478 e. The molecule has 4 heteroatoms. The number of nitrogens with zero attached hydrogens (tertiary/aromatic N) is 1. The van der Waals surface area contributed by atoms with Crippen molar-refractivity contribution >= 4 is 23.3 Å². The van der Waals surface area contributed by atoms with Crippen LogP contribution in [0.5, 0.6) is 0 Å². The first-order valence-electron chi connectivity index (χ1n) is 5.38. The van der Waals surface area contributed by atoms with Crippen molar-refractivity contribution in [2.45, 2.75) is 19.8 Å². The van der Waals surface area contributed by atoms with Crippen LogP contribution in [0.15, 0.2) is 12.1 Å². The molecule has 1 aromatic carbocycles. The second-order valence-corrected chi connectivity index (χ2v) is 4.53. The molecular formula is C12H14ClNO2. The smallest absolute Gasteiger partial charge is 0.337 e. The maximum Gasteiger partial charge on any atom is 0.337 e. The van der Waals surface area contributed by atoms with Gasteiger partial charge in [0.15, 0.2) is 0 Å². The van der Waals surface area contributed by atoms with E-state index in [0.29, 0.717) is 10.6 Å². The molecular weight excluding hydrogens is 226 g/mol. The Balaban J connectivity index is 2.48. The third kappa shape index (κ3) is 2.00. The van der Waals surface area contributed by atoms with E-state index in [9.17, 15) is 9.90 Å². The molecule has 0 spiro atoms. The van der Waals surface area contributed by atoms with Crippen molar-refractivity contribution in [1.82, 2.24) is 0 Å². The van der Waals surface area contributed by atoms with Crippen molar-refractivity contribution < 1.29 is 9.90 Å². The van der Waals surface area contributed by atoms with Crippen molar-refractivity contribution in [2.24, 2.45) is 0 Å². The maximum atomic E-state index is 11.2. The molecule has 0 aliphatic carbocycles. The summed E-state index contributed by atoms with van der Waals surface area (Å²) in [4.78, 5) is 13.3. The lowest BCUT2D eigenvalue weighted by Gasteiger charge is -2.20. The third-order valence-corrected chi connectivity index (χ3v) is 3.36. The van der Waals surface area contributed by atoms with E-state index in [-0.39, 0.29) is 0 Å². The van der Waals surface area contributed by atoms with E-state index in [4.69, 9.17) is 11.6 Å². The van der Waals surface area contributed by atoms with Gasteiger partial charge in [-0.1, -0.05) is 11.6 Å². The van der Waals surface area contributed by atoms with Crippen LogP contribution >= 0.6 is 11.6 Å². The van der Waals surface area contributed by atoms with E-state index in [1.807, 2.05) is 6.92 Å². The normalized spacial score (nSPS) is 15.5. The van der Waals surface area contributed by atoms with Gasteiger partial charge in [-0.3, -0.25) is 0 Å². The molecule has 0 saturated carbocycles. The first-order chi connectivity index (χ1) is 7.59. The highest BCUT2D eigenvalue weighted by atomic mass is 35.5. The SMILES string of the molecule is Cc1cc(C(=O)O)c(N2CCCC2)cc1Cl. The van der Waals surface area contributed by atoms with Crippen LogP contribution in [0.25, 0.3) is 0 Å². The van der Waals surface area contributed by atoms with Gasteiger partial charge in [-0.05, 0) is 37.5 Å². The van der Waals surface area contributed by atoms with Crippen LogP contribution in [-0.2, 0) is 0 Å². The summed E-state index contributed by atoms with van der Waals surface area (Å²) in [6.07, 6.45) is 2.23. The van der Waals surface area contributed by atoms with Crippen molar-refractivity contribution in [1.29, 1.82) is 0 Å². The Labute approximate surface area is 99.6 Å². The number of benzene rings is 1. The van der Waals surface area contributed by atoms with Gasteiger partial charge in [-0.15, -0.1) is 0 Å². The summed E-state index contributed by atoms with van der Waals surface area (Å²) < 4.78 is 0. The summed E-state index contributed by atoms with van der Waals surface area (Å²) in [6.45, 7) is 3.65. The van der Waals surface area contributed by atoms with Crippen LogP contribution in [0.2, 0.25) is 5.02 Å². The lowest BCUT2D eigenvalue weighted by atomic mass is 10.1. The molecule has 0 bridgehead atoms. The van der Waals surface area contributed by atoms with E-state index in [1.165, 1.54) is 0 Å². The number of aryl methyl sites for hydroxylation is 1.